The first kappa shape index (κ1) is 19.0. The zero-order valence-electron chi connectivity index (χ0n) is 14.8. The zero-order valence-corrected chi connectivity index (χ0v) is 14.8. The van der Waals surface area contributed by atoms with Crippen LogP contribution in [-0.4, -0.2) is 17.4 Å². The van der Waals surface area contributed by atoms with Gasteiger partial charge in [0.25, 0.3) is 0 Å². The van der Waals surface area contributed by atoms with Gasteiger partial charge in [0, 0.05) is 16.7 Å². The number of aliphatic hydroxyl groups excluding tert-OH is 1. The lowest BCUT2D eigenvalue weighted by molar-refractivity contribution is -0.130. The van der Waals surface area contributed by atoms with Crippen molar-refractivity contribution in [2.45, 2.75) is 20.1 Å². The minimum atomic E-state index is -1.02. The maximum Gasteiger partial charge on any atom is 0.338 e. The number of carbonyl (C=O) groups excluding carboxylic acids is 1. The number of ether oxygens (including phenoxy) is 2. The molecule has 4 nitrogen and oxygen atoms in total. The summed E-state index contributed by atoms with van der Waals surface area (Å²) in [5, 5.41) is 9.62. The summed E-state index contributed by atoms with van der Waals surface area (Å²) in [5.41, 5.74) is 2.47. The van der Waals surface area contributed by atoms with Gasteiger partial charge in [0.1, 0.15) is 11.5 Å². The molecule has 1 N–H and O–H groups in total. The van der Waals surface area contributed by atoms with Gasteiger partial charge >= 0.3 is 5.97 Å². The highest BCUT2D eigenvalue weighted by Crippen LogP contribution is 2.16. The van der Waals surface area contributed by atoms with Crippen LogP contribution in [0.3, 0.4) is 0 Å². The second kappa shape index (κ2) is 8.70. The average molecular weight is 348 g/mol. The van der Waals surface area contributed by atoms with E-state index in [-0.39, 0.29) is 0 Å². The van der Waals surface area contributed by atoms with E-state index in [2.05, 4.69) is 25.0 Å². The van der Waals surface area contributed by atoms with E-state index in [0.29, 0.717) is 22.6 Å². The normalized spacial score (nSPS) is 10.9. The first-order valence-electron chi connectivity index (χ1n) is 7.95. The summed E-state index contributed by atoms with van der Waals surface area (Å²) < 4.78 is 10.4. The van der Waals surface area contributed by atoms with E-state index in [1.54, 1.807) is 62.4 Å². The summed E-state index contributed by atoms with van der Waals surface area (Å²) in [6.45, 7) is 10.5. The van der Waals surface area contributed by atoms with E-state index in [0.717, 1.165) is 11.1 Å². The van der Waals surface area contributed by atoms with Crippen LogP contribution in [0.15, 0.2) is 72.8 Å². The minimum absolute atomic E-state index is 0.345. The number of rotatable bonds is 5. The molecule has 132 valence electrons. The molecule has 2 aromatic rings. The first-order chi connectivity index (χ1) is 12.3. The molecule has 0 fully saturated rings. The largest absolute Gasteiger partial charge is 0.461 e. The third-order valence-electron chi connectivity index (χ3n) is 3.29. The predicted octanol–water partition coefficient (Wildman–Crippen LogP) is 3.84. The molecule has 0 saturated carbocycles. The summed E-state index contributed by atoms with van der Waals surface area (Å²) in [7, 11) is 0. The van der Waals surface area contributed by atoms with E-state index < -0.39 is 12.3 Å². The Morgan fingerprint density at radius 1 is 0.923 bits per heavy atom. The van der Waals surface area contributed by atoms with Gasteiger partial charge in [-0.2, -0.15) is 0 Å². The summed E-state index contributed by atoms with van der Waals surface area (Å²) in [6.07, 6.45) is -1.02. The molecule has 0 aliphatic rings. The molecule has 0 saturated heterocycles. The molecule has 0 radical (unpaired) electrons. The van der Waals surface area contributed by atoms with Crippen molar-refractivity contribution in [2.75, 3.05) is 0 Å². The van der Waals surface area contributed by atoms with E-state index in [1.165, 1.54) is 0 Å². The highest BCUT2D eigenvalue weighted by atomic mass is 16.6. The fraction of sp³-hybridized carbons (Fsp3) is 0.136. The predicted molar refractivity (Wildman–Crippen MR) is 101 cm³/mol. The Labute approximate surface area is 153 Å². The van der Waals surface area contributed by atoms with Crippen LogP contribution >= 0.6 is 0 Å². The summed E-state index contributed by atoms with van der Waals surface area (Å²) >= 11 is 0. The van der Waals surface area contributed by atoms with Gasteiger partial charge in [0.2, 0.25) is 6.29 Å². The molecule has 0 heterocycles. The molecule has 0 aliphatic carbocycles. The molecule has 2 aromatic carbocycles. The molecular formula is C22H20O4. The van der Waals surface area contributed by atoms with Gasteiger partial charge in [-0.05, 0) is 68.0 Å². The Morgan fingerprint density at radius 2 is 1.38 bits per heavy atom. The molecule has 26 heavy (non-hydrogen) atoms. The number of hydrogen-bond acceptors (Lipinski definition) is 4. The lowest BCUT2D eigenvalue weighted by Gasteiger charge is -2.12. The molecule has 0 aromatic heterocycles. The van der Waals surface area contributed by atoms with Crippen molar-refractivity contribution in [2.24, 2.45) is 0 Å². The number of carbonyl (C=O) groups is 1. The average Bonchev–Trinajstić information content (AvgIpc) is 2.62. The van der Waals surface area contributed by atoms with Gasteiger partial charge < -0.3 is 14.6 Å². The number of aliphatic hydroxyl groups is 1. The molecule has 0 aliphatic heterocycles. The zero-order chi connectivity index (χ0) is 19.1. The topological polar surface area (TPSA) is 55.8 Å². The summed E-state index contributed by atoms with van der Waals surface area (Å²) in [4.78, 5) is 11.5. The lowest BCUT2D eigenvalue weighted by atomic mass is 10.1. The van der Waals surface area contributed by atoms with Crippen LogP contribution in [0, 0.1) is 11.8 Å². The van der Waals surface area contributed by atoms with Gasteiger partial charge in [0.05, 0.1) is 0 Å². The Hall–Kier alpha value is -3.29. The monoisotopic (exact) mass is 348 g/mol. The van der Waals surface area contributed by atoms with Crippen LogP contribution in [0.25, 0.3) is 0 Å². The van der Waals surface area contributed by atoms with Crippen LogP contribution in [0.2, 0.25) is 0 Å². The van der Waals surface area contributed by atoms with Crippen LogP contribution in [0.5, 0.6) is 11.5 Å². The van der Waals surface area contributed by atoms with E-state index in [1.807, 2.05) is 0 Å². The van der Waals surface area contributed by atoms with Crippen molar-refractivity contribution in [3.63, 3.8) is 0 Å². The number of benzene rings is 2. The van der Waals surface area contributed by atoms with Gasteiger partial charge in [-0.25, -0.2) is 4.79 Å². The Balaban J connectivity index is 2.01. The fourth-order valence-electron chi connectivity index (χ4n) is 1.79. The Kier molecular flexibility index (Phi) is 6.37. The molecule has 2 rings (SSSR count). The third-order valence-corrected chi connectivity index (χ3v) is 3.29. The summed E-state index contributed by atoms with van der Waals surface area (Å²) in [5.74, 6) is 6.59. The molecule has 4 heteroatoms. The van der Waals surface area contributed by atoms with Gasteiger partial charge in [-0.3, -0.25) is 0 Å². The maximum atomic E-state index is 11.5. The van der Waals surface area contributed by atoms with Crippen molar-refractivity contribution in [3.8, 4) is 23.3 Å². The first-order valence-corrected chi connectivity index (χ1v) is 7.95. The number of esters is 1. The summed E-state index contributed by atoms with van der Waals surface area (Å²) in [6, 6.07) is 14.0. The highest BCUT2D eigenvalue weighted by Gasteiger charge is 2.06. The van der Waals surface area contributed by atoms with Crippen molar-refractivity contribution < 1.29 is 19.4 Å². The van der Waals surface area contributed by atoms with Gasteiger partial charge in [-0.15, -0.1) is 0 Å². The van der Waals surface area contributed by atoms with Gasteiger partial charge in [0.15, 0.2) is 0 Å². The smallest absolute Gasteiger partial charge is 0.338 e. The van der Waals surface area contributed by atoms with Crippen LogP contribution < -0.4 is 9.47 Å². The molecule has 1 unspecified atom stereocenters. The minimum Gasteiger partial charge on any atom is -0.461 e. The highest BCUT2D eigenvalue weighted by molar-refractivity contribution is 5.88. The molecule has 0 amide bonds. The quantitative estimate of drug-likeness (QED) is 0.223. The molecule has 0 spiro atoms. The van der Waals surface area contributed by atoms with Gasteiger partial charge in [-0.1, -0.05) is 25.0 Å². The Morgan fingerprint density at radius 3 is 1.81 bits per heavy atom. The standard InChI is InChI=1S/C22H20O4/c1-15(2)21(23)25-19-11-7-17(8-12-19)5-6-18-9-13-20(14-10-18)26-22(24)16(3)4/h7-14,21,23H,1,3H2,2,4H3. The lowest BCUT2D eigenvalue weighted by Crippen LogP contribution is -2.15. The molecular weight excluding hydrogens is 328 g/mol. The maximum absolute atomic E-state index is 11.5. The SMILES string of the molecule is C=C(C)C(=O)Oc1ccc(C#Cc2ccc(OC(O)C(=C)C)cc2)cc1. The fourth-order valence-corrected chi connectivity index (χ4v) is 1.79. The van der Waals surface area contributed by atoms with Crippen LogP contribution in [0.1, 0.15) is 25.0 Å². The van der Waals surface area contributed by atoms with Crippen molar-refractivity contribution >= 4 is 5.97 Å². The van der Waals surface area contributed by atoms with E-state index in [9.17, 15) is 9.90 Å². The number of hydrogen-bond donors (Lipinski definition) is 1. The second-order valence-corrected chi connectivity index (χ2v) is 5.79. The van der Waals surface area contributed by atoms with Crippen LogP contribution in [0.4, 0.5) is 0 Å². The van der Waals surface area contributed by atoms with Crippen molar-refractivity contribution in [1.82, 2.24) is 0 Å². The third kappa shape index (κ3) is 5.66. The van der Waals surface area contributed by atoms with Crippen molar-refractivity contribution in [1.29, 1.82) is 0 Å². The molecule has 1 atom stereocenters. The van der Waals surface area contributed by atoms with Crippen molar-refractivity contribution in [3.05, 3.63) is 84.0 Å². The second-order valence-electron chi connectivity index (χ2n) is 5.79. The molecule has 0 bridgehead atoms. The Bertz CT molecular complexity index is 865. The van der Waals surface area contributed by atoms with E-state index in [4.69, 9.17) is 9.47 Å². The van der Waals surface area contributed by atoms with E-state index >= 15 is 0 Å². The van der Waals surface area contributed by atoms with Crippen LogP contribution in [-0.2, 0) is 4.79 Å².